The van der Waals surface area contributed by atoms with Gasteiger partial charge in [0, 0.05) is 29.4 Å². The molecule has 33 heavy (non-hydrogen) atoms. The lowest BCUT2D eigenvalue weighted by atomic mass is 10.1. The van der Waals surface area contributed by atoms with Crippen molar-refractivity contribution in [1.29, 1.82) is 0 Å². The summed E-state index contributed by atoms with van der Waals surface area (Å²) in [6.45, 7) is 1.64. The van der Waals surface area contributed by atoms with Crippen molar-refractivity contribution in [2.24, 2.45) is 0 Å². The van der Waals surface area contributed by atoms with E-state index >= 15 is 0 Å². The number of rotatable bonds is 6. The molecule has 3 heterocycles. The van der Waals surface area contributed by atoms with Gasteiger partial charge in [0.2, 0.25) is 0 Å². The number of furan rings is 1. The molecule has 1 unspecified atom stereocenters. The molecule has 1 atom stereocenters. The monoisotopic (exact) mass is 461 g/mol. The summed E-state index contributed by atoms with van der Waals surface area (Å²) in [6.07, 6.45) is 4.96. The van der Waals surface area contributed by atoms with Crippen LogP contribution in [0.4, 0.5) is 5.69 Å². The van der Waals surface area contributed by atoms with E-state index in [0.717, 1.165) is 36.2 Å². The fraction of sp³-hybridized carbons (Fsp3) is 0.231. The summed E-state index contributed by atoms with van der Waals surface area (Å²) in [4.78, 5) is 25.1. The number of amides is 2. The Morgan fingerprint density at radius 1 is 1.18 bits per heavy atom. The Kier molecular flexibility index (Phi) is 6.03. The van der Waals surface area contributed by atoms with Gasteiger partial charge in [-0.05, 0) is 68.3 Å². The summed E-state index contributed by atoms with van der Waals surface area (Å²) in [5.74, 6) is 0.784. The highest BCUT2D eigenvalue weighted by atomic mass is 35.5. The molecule has 0 radical (unpaired) electrons. The maximum Gasteiger partial charge on any atom is 0.256 e. The minimum absolute atomic E-state index is 0.160. The molecule has 2 aliphatic heterocycles. The summed E-state index contributed by atoms with van der Waals surface area (Å²) in [6, 6.07) is 16.9. The lowest BCUT2D eigenvalue weighted by molar-refractivity contribution is -0.110. The number of carbonyl (C=O) groups excluding carboxylic acids is 2. The summed E-state index contributed by atoms with van der Waals surface area (Å²) >= 11 is 6.31. The first-order valence-electron chi connectivity index (χ1n) is 11.1. The van der Waals surface area contributed by atoms with Crippen LogP contribution in [0.2, 0.25) is 5.02 Å². The van der Waals surface area contributed by atoms with E-state index in [1.807, 2.05) is 36.4 Å². The molecule has 1 aromatic heterocycles. The Morgan fingerprint density at radius 2 is 2.06 bits per heavy atom. The fourth-order valence-corrected chi connectivity index (χ4v) is 4.52. The van der Waals surface area contributed by atoms with Crippen molar-refractivity contribution in [3.63, 3.8) is 0 Å². The average molecular weight is 462 g/mol. The molecule has 2 aliphatic rings. The number of benzene rings is 2. The number of halogens is 1. The van der Waals surface area contributed by atoms with E-state index in [9.17, 15) is 9.59 Å². The number of hydrogen-bond donors (Lipinski definition) is 3. The molecule has 0 spiro atoms. The highest BCUT2D eigenvalue weighted by molar-refractivity contribution is 6.35. The molecule has 168 valence electrons. The number of anilines is 1. The van der Waals surface area contributed by atoms with Gasteiger partial charge in [-0.25, -0.2) is 0 Å². The van der Waals surface area contributed by atoms with Gasteiger partial charge in [0.05, 0.1) is 16.2 Å². The van der Waals surface area contributed by atoms with E-state index in [0.29, 0.717) is 40.3 Å². The van der Waals surface area contributed by atoms with Crippen LogP contribution >= 0.6 is 11.6 Å². The zero-order valence-corrected chi connectivity index (χ0v) is 18.7. The second kappa shape index (κ2) is 9.25. The second-order valence-corrected chi connectivity index (χ2v) is 8.70. The smallest absolute Gasteiger partial charge is 0.256 e. The largest absolute Gasteiger partial charge is 0.457 e. The summed E-state index contributed by atoms with van der Waals surface area (Å²) in [5, 5.41) is 9.64. The first kappa shape index (κ1) is 21.5. The van der Waals surface area contributed by atoms with Crippen LogP contribution in [-0.4, -0.2) is 30.9 Å². The molecule has 5 rings (SSSR count). The lowest BCUT2D eigenvalue weighted by Crippen LogP contribution is -2.30. The van der Waals surface area contributed by atoms with Gasteiger partial charge in [-0.1, -0.05) is 29.8 Å². The van der Waals surface area contributed by atoms with Gasteiger partial charge in [0.25, 0.3) is 11.8 Å². The normalized spacial score (nSPS) is 18.4. The highest BCUT2D eigenvalue weighted by Crippen LogP contribution is 2.34. The molecule has 1 saturated heterocycles. The first-order chi connectivity index (χ1) is 16.1. The van der Waals surface area contributed by atoms with Gasteiger partial charge in [0.1, 0.15) is 11.5 Å². The van der Waals surface area contributed by atoms with Gasteiger partial charge >= 0.3 is 0 Å². The predicted octanol–water partition coefficient (Wildman–Crippen LogP) is 4.96. The van der Waals surface area contributed by atoms with Crippen molar-refractivity contribution in [1.82, 2.24) is 10.6 Å². The van der Waals surface area contributed by atoms with E-state index < -0.39 is 0 Å². The Labute approximate surface area is 197 Å². The van der Waals surface area contributed by atoms with Crippen molar-refractivity contribution in [3.05, 3.63) is 76.5 Å². The molecule has 7 heteroatoms. The topological polar surface area (TPSA) is 83.4 Å². The van der Waals surface area contributed by atoms with Crippen LogP contribution in [0.15, 0.2) is 59.0 Å². The van der Waals surface area contributed by atoms with E-state index in [-0.39, 0.29) is 11.8 Å². The van der Waals surface area contributed by atoms with Gasteiger partial charge in [-0.3, -0.25) is 9.59 Å². The molecule has 6 nitrogen and oxygen atoms in total. The molecule has 3 aromatic rings. The summed E-state index contributed by atoms with van der Waals surface area (Å²) < 4.78 is 5.98. The molecule has 0 aliphatic carbocycles. The molecular formula is C26H24ClN3O3. The van der Waals surface area contributed by atoms with Crippen LogP contribution in [0.1, 0.15) is 40.9 Å². The number of carbonyl (C=O) groups is 2. The van der Waals surface area contributed by atoms with Crippen molar-refractivity contribution in [2.75, 3.05) is 18.4 Å². The maximum absolute atomic E-state index is 12.7. The van der Waals surface area contributed by atoms with E-state index in [2.05, 4.69) is 16.0 Å². The SMILES string of the molecule is O=C1Nc2ccccc2/C1=C\c1ccc(-c2ccc(Cl)c(C(=O)NCCC3CCCN3)c2)o1. The molecule has 0 saturated carbocycles. The van der Waals surface area contributed by atoms with E-state index in [4.69, 9.17) is 16.0 Å². The van der Waals surface area contributed by atoms with E-state index in [1.165, 1.54) is 6.42 Å². The van der Waals surface area contributed by atoms with Crippen molar-refractivity contribution in [3.8, 4) is 11.3 Å². The summed E-state index contributed by atoms with van der Waals surface area (Å²) in [5.41, 5.74) is 3.34. The first-order valence-corrected chi connectivity index (χ1v) is 11.5. The standard InChI is InChI=1S/C26H24ClN3O3/c27-22-9-7-16(14-21(22)25(31)29-13-11-17-4-3-12-28-17)24-10-8-18(33-24)15-20-19-5-1-2-6-23(19)30-26(20)32/h1-2,5-10,14-15,17,28H,3-4,11-13H2,(H,29,31)(H,30,32)/b20-15+. The van der Waals surface area contributed by atoms with Crippen molar-refractivity contribution < 1.29 is 14.0 Å². The van der Waals surface area contributed by atoms with Gasteiger partial charge < -0.3 is 20.4 Å². The predicted molar refractivity (Wildman–Crippen MR) is 130 cm³/mol. The Bertz CT molecular complexity index is 1240. The van der Waals surface area contributed by atoms with Crippen LogP contribution in [0.3, 0.4) is 0 Å². The molecule has 2 amide bonds. The van der Waals surface area contributed by atoms with Crippen LogP contribution in [0.25, 0.3) is 23.0 Å². The number of hydrogen-bond acceptors (Lipinski definition) is 4. The Balaban J connectivity index is 1.32. The molecule has 3 N–H and O–H groups in total. The van der Waals surface area contributed by atoms with Crippen LogP contribution in [-0.2, 0) is 4.79 Å². The third-order valence-electron chi connectivity index (χ3n) is 6.06. The number of nitrogens with one attached hydrogen (secondary N) is 3. The fourth-order valence-electron chi connectivity index (χ4n) is 4.32. The highest BCUT2D eigenvalue weighted by Gasteiger charge is 2.24. The van der Waals surface area contributed by atoms with Gasteiger partial charge in [-0.15, -0.1) is 0 Å². The summed E-state index contributed by atoms with van der Waals surface area (Å²) in [7, 11) is 0. The lowest BCUT2D eigenvalue weighted by Gasteiger charge is -2.12. The molecular weight excluding hydrogens is 438 g/mol. The van der Waals surface area contributed by atoms with Gasteiger partial charge in [0.15, 0.2) is 0 Å². The van der Waals surface area contributed by atoms with Crippen LogP contribution in [0, 0.1) is 0 Å². The number of fused-ring (bicyclic) bond motifs is 1. The molecule has 0 bridgehead atoms. The Hall–Kier alpha value is -3.35. The average Bonchev–Trinajstić information content (AvgIpc) is 3.56. The van der Waals surface area contributed by atoms with Crippen molar-refractivity contribution >= 4 is 40.8 Å². The zero-order valence-electron chi connectivity index (χ0n) is 18.0. The van der Waals surface area contributed by atoms with E-state index in [1.54, 1.807) is 24.3 Å². The molecule has 2 aromatic carbocycles. The third-order valence-corrected chi connectivity index (χ3v) is 6.39. The van der Waals surface area contributed by atoms with Gasteiger partial charge in [-0.2, -0.15) is 0 Å². The molecule has 1 fully saturated rings. The van der Waals surface area contributed by atoms with Crippen LogP contribution in [0.5, 0.6) is 0 Å². The number of para-hydroxylation sites is 1. The minimum atomic E-state index is -0.201. The van der Waals surface area contributed by atoms with Crippen molar-refractivity contribution in [2.45, 2.75) is 25.3 Å². The quantitative estimate of drug-likeness (QED) is 0.453. The van der Waals surface area contributed by atoms with Crippen LogP contribution < -0.4 is 16.0 Å². The zero-order chi connectivity index (χ0) is 22.8. The minimum Gasteiger partial charge on any atom is -0.457 e. The second-order valence-electron chi connectivity index (χ2n) is 8.29. The third kappa shape index (κ3) is 4.58. The maximum atomic E-state index is 12.7. The Morgan fingerprint density at radius 3 is 2.91 bits per heavy atom.